The molecular weight excluding hydrogens is 425 g/mol. The van der Waals surface area contributed by atoms with Crippen LogP contribution in [0, 0.1) is 0 Å². The van der Waals surface area contributed by atoms with Crippen molar-refractivity contribution in [1.82, 2.24) is 0 Å². The fourth-order valence-corrected chi connectivity index (χ4v) is 6.02. The van der Waals surface area contributed by atoms with Crippen LogP contribution in [-0.2, 0) is 0 Å². The summed E-state index contributed by atoms with van der Waals surface area (Å²) in [4.78, 5) is 2.47. The van der Waals surface area contributed by atoms with Gasteiger partial charge in [0.25, 0.3) is 6.71 Å². The Kier molecular flexibility index (Phi) is 4.36. The van der Waals surface area contributed by atoms with E-state index in [-0.39, 0.29) is 6.71 Å². The van der Waals surface area contributed by atoms with E-state index in [2.05, 4.69) is 118 Å². The van der Waals surface area contributed by atoms with Crippen LogP contribution in [-0.4, -0.2) is 6.71 Å². The summed E-state index contributed by atoms with van der Waals surface area (Å²) in [5.41, 5.74) is 13.8. The Bertz CT molecular complexity index is 1610. The highest BCUT2D eigenvalue weighted by Gasteiger charge is 2.45. The molecule has 1 aromatic heterocycles. The lowest BCUT2D eigenvalue weighted by molar-refractivity contribution is 0.653. The van der Waals surface area contributed by atoms with Crippen molar-refractivity contribution in [3.05, 3.63) is 96.1 Å². The highest BCUT2D eigenvalue weighted by atomic mass is 16.3. The second-order valence-electron chi connectivity index (χ2n) is 10.6. The average molecular weight is 453 g/mol. The first-order valence-electron chi connectivity index (χ1n) is 12.7. The third-order valence-electron chi connectivity index (χ3n) is 7.86. The van der Waals surface area contributed by atoms with E-state index >= 15 is 0 Å². The van der Waals surface area contributed by atoms with Gasteiger partial charge in [-0.15, -0.1) is 0 Å². The molecule has 0 N–H and O–H groups in total. The van der Waals surface area contributed by atoms with E-state index in [4.69, 9.17) is 4.42 Å². The fourth-order valence-electron chi connectivity index (χ4n) is 6.02. The standard InChI is InChI=1S/C32H28BNO/c1-19(2)21-12-15-23(16-13-21)34-27-10-7-9-25-30-24-8-5-6-11-29(24)35-32(30)33(31(25)27)26-17-14-22(20(3)4)18-28(26)34/h5-20H,1-4H3. The predicted octanol–water partition coefficient (Wildman–Crippen LogP) is 6.96. The van der Waals surface area contributed by atoms with Crippen LogP contribution in [0.3, 0.4) is 0 Å². The zero-order valence-electron chi connectivity index (χ0n) is 20.7. The molecule has 0 fully saturated rings. The summed E-state index contributed by atoms with van der Waals surface area (Å²) in [5, 5.41) is 1.21. The normalized spacial score (nSPS) is 13.5. The van der Waals surface area contributed by atoms with Crippen molar-refractivity contribution in [2.75, 3.05) is 4.90 Å². The van der Waals surface area contributed by atoms with Crippen molar-refractivity contribution < 1.29 is 4.42 Å². The Hall–Kier alpha value is -3.72. The van der Waals surface area contributed by atoms with Crippen molar-refractivity contribution in [3.8, 4) is 11.1 Å². The molecule has 0 saturated carbocycles. The SMILES string of the molecule is CC(C)c1ccc(N2c3cc(C(C)C)ccc3B3c4oc5ccccc5c4-c4cccc2c43)cc1. The van der Waals surface area contributed by atoms with Crippen molar-refractivity contribution in [1.29, 1.82) is 0 Å². The lowest BCUT2D eigenvalue weighted by Crippen LogP contribution is -2.54. The molecule has 35 heavy (non-hydrogen) atoms. The maximum absolute atomic E-state index is 6.58. The van der Waals surface area contributed by atoms with Crippen molar-refractivity contribution in [2.45, 2.75) is 39.5 Å². The van der Waals surface area contributed by atoms with Crippen molar-refractivity contribution in [2.24, 2.45) is 0 Å². The molecule has 0 unspecified atom stereocenters. The maximum atomic E-state index is 6.58. The number of hydrogen-bond acceptors (Lipinski definition) is 2. The zero-order chi connectivity index (χ0) is 23.8. The Morgan fingerprint density at radius 1 is 0.714 bits per heavy atom. The van der Waals surface area contributed by atoms with Crippen LogP contribution in [0.25, 0.3) is 22.1 Å². The van der Waals surface area contributed by atoms with Crippen LogP contribution < -0.4 is 21.5 Å². The third-order valence-corrected chi connectivity index (χ3v) is 7.86. The first-order chi connectivity index (χ1) is 17.0. The summed E-state index contributed by atoms with van der Waals surface area (Å²) >= 11 is 0. The number of fused-ring (bicyclic) bond motifs is 7. The number of anilines is 3. The van der Waals surface area contributed by atoms with Gasteiger partial charge in [0.05, 0.1) is 5.66 Å². The topological polar surface area (TPSA) is 16.4 Å². The number of hydrogen-bond donors (Lipinski definition) is 0. The highest BCUT2D eigenvalue weighted by molar-refractivity contribution is 7.01. The van der Waals surface area contributed by atoms with Gasteiger partial charge in [-0.3, -0.25) is 0 Å². The lowest BCUT2D eigenvalue weighted by atomic mass is 9.39. The molecule has 3 heteroatoms. The molecule has 2 aliphatic heterocycles. The molecular formula is C32H28BNO. The minimum Gasteiger partial charge on any atom is -0.470 e. The van der Waals surface area contributed by atoms with Crippen LogP contribution >= 0.6 is 0 Å². The molecule has 0 radical (unpaired) electrons. The molecule has 0 saturated heterocycles. The Balaban J connectivity index is 1.53. The summed E-state index contributed by atoms with van der Waals surface area (Å²) in [6.07, 6.45) is 0. The molecule has 5 aromatic rings. The Morgan fingerprint density at radius 3 is 2.23 bits per heavy atom. The zero-order valence-corrected chi connectivity index (χ0v) is 20.7. The molecule has 0 amide bonds. The molecule has 3 heterocycles. The van der Waals surface area contributed by atoms with Crippen molar-refractivity contribution >= 4 is 51.3 Å². The highest BCUT2D eigenvalue weighted by Crippen LogP contribution is 2.43. The van der Waals surface area contributed by atoms with Gasteiger partial charge in [0.1, 0.15) is 5.58 Å². The summed E-state index contributed by atoms with van der Waals surface area (Å²) in [7, 11) is 0. The number of para-hydroxylation sites is 1. The van der Waals surface area contributed by atoms with Gasteiger partial charge in [0.15, 0.2) is 0 Å². The van der Waals surface area contributed by atoms with E-state index in [1.54, 1.807) is 0 Å². The van der Waals surface area contributed by atoms with Gasteiger partial charge < -0.3 is 9.32 Å². The van der Waals surface area contributed by atoms with E-state index in [0.29, 0.717) is 11.8 Å². The van der Waals surface area contributed by atoms with Crippen LogP contribution in [0.5, 0.6) is 0 Å². The molecule has 2 nitrogen and oxygen atoms in total. The predicted molar refractivity (Wildman–Crippen MR) is 149 cm³/mol. The van der Waals surface area contributed by atoms with Gasteiger partial charge in [-0.2, -0.15) is 0 Å². The van der Waals surface area contributed by atoms with E-state index in [1.807, 2.05) is 0 Å². The second-order valence-corrected chi connectivity index (χ2v) is 10.6. The number of nitrogens with zero attached hydrogens (tertiary/aromatic N) is 1. The van der Waals surface area contributed by atoms with Crippen LogP contribution in [0.15, 0.2) is 89.3 Å². The second kappa shape index (κ2) is 7.39. The first kappa shape index (κ1) is 20.6. The molecule has 0 atom stereocenters. The van der Waals surface area contributed by atoms with E-state index < -0.39 is 0 Å². The summed E-state index contributed by atoms with van der Waals surface area (Å²) < 4.78 is 6.58. The van der Waals surface area contributed by atoms with Gasteiger partial charge in [-0.25, -0.2) is 0 Å². The smallest absolute Gasteiger partial charge is 0.293 e. The molecule has 0 spiro atoms. The molecule has 0 bridgehead atoms. The molecule has 2 aliphatic rings. The van der Waals surface area contributed by atoms with E-state index in [0.717, 1.165) is 11.2 Å². The average Bonchev–Trinajstić information content (AvgIpc) is 3.40. The molecule has 0 aliphatic carbocycles. The van der Waals surface area contributed by atoms with Gasteiger partial charge in [0, 0.05) is 28.0 Å². The maximum Gasteiger partial charge on any atom is 0.293 e. The van der Waals surface area contributed by atoms with Gasteiger partial charge >= 0.3 is 0 Å². The number of benzene rings is 4. The van der Waals surface area contributed by atoms with Crippen LogP contribution in [0.2, 0.25) is 0 Å². The Morgan fingerprint density at radius 2 is 1.46 bits per heavy atom. The monoisotopic (exact) mass is 453 g/mol. The van der Waals surface area contributed by atoms with Gasteiger partial charge in [-0.1, -0.05) is 82.3 Å². The van der Waals surface area contributed by atoms with E-state index in [9.17, 15) is 0 Å². The van der Waals surface area contributed by atoms with Gasteiger partial charge in [0.2, 0.25) is 0 Å². The van der Waals surface area contributed by atoms with Crippen LogP contribution in [0.4, 0.5) is 17.1 Å². The summed E-state index contributed by atoms with van der Waals surface area (Å²) in [6.45, 7) is 9.15. The third kappa shape index (κ3) is 2.84. The number of rotatable bonds is 3. The molecule has 4 aromatic carbocycles. The number of furan rings is 1. The van der Waals surface area contributed by atoms with Crippen molar-refractivity contribution in [3.63, 3.8) is 0 Å². The molecule has 7 rings (SSSR count). The lowest BCUT2D eigenvalue weighted by Gasteiger charge is -2.36. The van der Waals surface area contributed by atoms with E-state index in [1.165, 1.54) is 55.6 Å². The first-order valence-corrected chi connectivity index (χ1v) is 12.7. The largest absolute Gasteiger partial charge is 0.470 e. The summed E-state index contributed by atoms with van der Waals surface area (Å²) in [6, 6.07) is 31.4. The quantitative estimate of drug-likeness (QED) is 0.269. The minimum absolute atomic E-state index is 0.117. The fraction of sp³-hybridized carbons (Fsp3) is 0.188. The summed E-state index contributed by atoms with van der Waals surface area (Å²) in [5.74, 6) is 0.975. The van der Waals surface area contributed by atoms with Crippen LogP contribution in [0.1, 0.15) is 50.7 Å². The van der Waals surface area contributed by atoms with Gasteiger partial charge in [-0.05, 0) is 69.8 Å². The minimum atomic E-state index is 0.117. The molecule has 170 valence electrons. The Labute approximate surface area is 207 Å².